The standard InChI is InChI=1S/C20H27FN4O3/c1-13(2)12-25-19(28)23-18(27)20(25)6-9-24(10-7-20)17(26)15-11-14(5-8-22)3-4-16(15)21/h3-4,11,13H,5-10,12,22H2,1-2H3,(H,23,27,28). The number of nitrogens with two attached hydrogens (primary N) is 1. The smallest absolute Gasteiger partial charge is 0.325 e. The van der Waals surface area contributed by atoms with Crippen LogP contribution in [0.25, 0.3) is 0 Å². The van der Waals surface area contributed by atoms with Gasteiger partial charge < -0.3 is 15.5 Å². The maximum absolute atomic E-state index is 14.2. The first-order chi connectivity index (χ1) is 13.3. The zero-order chi connectivity index (χ0) is 20.5. The highest BCUT2D eigenvalue weighted by Crippen LogP contribution is 2.34. The number of carbonyl (C=O) groups excluding carboxylic acids is 3. The number of hydrogen-bond donors (Lipinski definition) is 2. The minimum atomic E-state index is -0.919. The van der Waals surface area contributed by atoms with Gasteiger partial charge in [-0.3, -0.25) is 14.9 Å². The Balaban J connectivity index is 1.76. The molecule has 1 aromatic carbocycles. The van der Waals surface area contributed by atoms with Crippen LogP contribution in [0.1, 0.15) is 42.6 Å². The number of urea groups is 1. The van der Waals surface area contributed by atoms with Gasteiger partial charge in [0.25, 0.3) is 11.8 Å². The van der Waals surface area contributed by atoms with E-state index in [1.165, 1.54) is 6.07 Å². The summed E-state index contributed by atoms with van der Waals surface area (Å²) in [5.41, 5.74) is 5.46. The molecule has 28 heavy (non-hydrogen) atoms. The van der Waals surface area contributed by atoms with Crippen LogP contribution in [0, 0.1) is 11.7 Å². The number of imide groups is 1. The Hall–Kier alpha value is -2.48. The topological polar surface area (TPSA) is 95.7 Å². The van der Waals surface area contributed by atoms with E-state index >= 15 is 0 Å². The number of nitrogens with one attached hydrogen (secondary N) is 1. The second kappa shape index (κ2) is 7.87. The molecule has 0 atom stereocenters. The second-order valence-electron chi connectivity index (χ2n) is 7.94. The zero-order valence-electron chi connectivity index (χ0n) is 16.3. The summed E-state index contributed by atoms with van der Waals surface area (Å²) in [5, 5.41) is 2.41. The maximum Gasteiger partial charge on any atom is 0.325 e. The average molecular weight is 390 g/mol. The first-order valence-electron chi connectivity index (χ1n) is 9.69. The number of rotatable bonds is 5. The molecule has 0 aromatic heterocycles. The summed E-state index contributed by atoms with van der Waals surface area (Å²) in [6.07, 6.45) is 1.25. The number of hydrogen-bond acceptors (Lipinski definition) is 4. The van der Waals surface area contributed by atoms with Crippen LogP contribution in [0.15, 0.2) is 18.2 Å². The van der Waals surface area contributed by atoms with Gasteiger partial charge in [-0.15, -0.1) is 0 Å². The van der Waals surface area contributed by atoms with Crippen LogP contribution in [0.5, 0.6) is 0 Å². The Morgan fingerprint density at radius 1 is 1.29 bits per heavy atom. The monoisotopic (exact) mass is 390 g/mol. The molecule has 2 aliphatic rings. The van der Waals surface area contributed by atoms with Gasteiger partial charge in [-0.2, -0.15) is 0 Å². The lowest BCUT2D eigenvalue weighted by Crippen LogP contribution is -2.58. The van der Waals surface area contributed by atoms with Crippen LogP contribution >= 0.6 is 0 Å². The predicted octanol–water partition coefficient (Wildman–Crippen LogP) is 1.51. The van der Waals surface area contributed by atoms with Crippen LogP contribution < -0.4 is 11.1 Å². The van der Waals surface area contributed by atoms with Crippen molar-refractivity contribution < 1.29 is 18.8 Å². The van der Waals surface area contributed by atoms with E-state index in [4.69, 9.17) is 5.73 Å². The van der Waals surface area contributed by atoms with Crippen LogP contribution in [0.2, 0.25) is 0 Å². The third-order valence-electron chi connectivity index (χ3n) is 5.52. The Kier molecular flexibility index (Phi) is 5.69. The molecule has 8 heteroatoms. The van der Waals surface area contributed by atoms with E-state index in [2.05, 4.69) is 5.32 Å². The van der Waals surface area contributed by atoms with Crippen LogP contribution in [-0.4, -0.2) is 59.4 Å². The number of piperidine rings is 1. The quantitative estimate of drug-likeness (QED) is 0.745. The highest BCUT2D eigenvalue weighted by molar-refractivity contribution is 6.07. The predicted molar refractivity (Wildman–Crippen MR) is 102 cm³/mol. The Labute approximate surface area is 164 Å². The van der Waals surface area contributed by atoms with Crippen LogP contribution in [0.3, 0.4) is 0 Å². The van der Waals surface area contributed by atoms with Gasteiger partial charge in [-0.25, -0.2) is 9.18 Å². The summed E-state index contributed by atoms with van der Waals surface area (Å²) >= 11 is 0. The number of likely N-dealkylation sites (tertiary alicyclic amines) is 1. The van der Waals surface area contributed by atoms with E-state index in [1.54, 1.807) is 21.9 Å². The third kappa shape index (κ3) is 3.61. The van der Waals surface area contributed by atoms with Crippen molar-refractivity contribution in [3.63, 3.8) is 0 Å². The van der Waals surface area contributed by atoms with E-state index in [1.807, 2.05) is 13.8 Å². The summed E-state index contributed by atoms with van der Waals surface area (Å²) in [6, 6.07) is 4.09. The van der Waals surface area contributed by atoms with Crippen LogP contribution in [-0.2, 0) is 11.2 Å². The van der Waals surface area contributed by atoms with Gasteiger partial charge in [-0.1, -0.05) is 19.9 Å². The van der Waals surface area contributed by atoms with E-state index in [0.717, 1.165) is 5.56 Å². The first kappa shape index (κ1) is 20.3. The number of amides is 4. The Bertz CT molecular complexity index is 788. The summed E-state index contributed by atoms with van der Waals surface area (Å²) in [4.78, 5) is 40.8. The molecule has 2 saturated heterocycles. The van der Waals surface area contributed by atoms with E-state index in [-0.39, 0.29) is 36.5 Å². The number of nitrogens with zero attached hydrogens (tertiary/aromatic N) is 2. The van der Waals surface area contributed by atoms with Gasteiger partial charge in [0.05, 0.1) is 5.56 Å². The van der Waals surface area contributed by atoms with E-state index in [0.29, 0.717) is 32.4 Å². The molecule has 1 spiro atoms. The number of carbonyl (C=O) groups is 3. The molecule has 7 nitrogen and oxygen atoms in total. The molecule has 0 unspecified atom stereocenters. The molecule has 4 amide bonds. The molecule has 3 rings (SSSR count). The molecule has 152 valence electrons. The molecule has 0 bridgehead atoms. The highest BCUT2D eigenvalue weighted by atomic mass is 19.1. The molecule has 0 radical (unpaired) electrons. The minimum absolute atomic E-state index is 0.0212. The fourth-order valence-corrected chi connectivity index (χ4v) is 4.03. The fraction of sp³-hybridized carbons (Fsp3) is 0.550. The Morgan fingerprint density at radius 2 is 1.96 bits per heavy atom. The third-order valence-corrected chi connectivity index (χ3v) is 5.52. The van der Waals surface area contributed by atoms with Gasteiger partial charge in [0.15, 0.2) is 0 Å². The summed E-state index contributed by atoms with van der Waals surface area (Å²) in [7, 11) is 0. The van der Waals surface area contributed by atoms with Gasteiger partial charge >= 0.3 is 6.03 Å². The van der Waals surface area contributed by atoms with Crippen molar-refractivity contribution in [2.75, 3.05) is 26.2 Å². The van der Waals surface area contributed by atoms with Crippen molar-refractivity contribution in [2.24, 2.45) is 11.7 Å². The maximum atomic E-state index is 14.2. The van der Waals surface area contributed by atoms with Gasteiger partial charge in [-0.05, 0) is 49.4 Å². The SMILES string of the molecule is CC(C)CN1C(=O)NC(=O)C12CCN(C(=O)c1cc(CCN)ccc1F)CC2. The lowest BCUT2D eigenvalue weighted by Gasteiger charge is -2.42. The molecule has 1 aromatic rings. The lowest BCUT2D eigenvalue weighted by atomic mass is 9.85. The minimum Gasteiger partial charge on any atom is -0.338 e. The fourth-order valence-electron chi connectivity index (χ4n) is 4.03. The van der Waals surface area contributed by atoms with Crippen molar-refractivity contribution >= 4 is 17.8 Å². The molecular weight excluding hydrogens is 363 g/mol. The van der Waals surface area contributed by atoms with Crippen molar-refractivity contribution in [2.45, 2.75) is 38.6 Å². The van der Waals surface area contributed by atoms with Gasteiger partial charge in [0.2, 0.25) is 0 Å². The molecule has 2 aliphatic heterocycles. The molecular formula is C20H27FN4O3. The Morgan fingerprint density at radius 3 is 2.57 bits per heavy atom. The molecule has 2 heterocycles. The normalized spacial score (nSPS) is 18.9. The molecule has 0 aliphatic carbocycles. The summed E-state index contributed by atoms with van der Waals surface area (Å²) in [5.74, 6) is -1.05. The first-order valence-corrected chi connectivity index (χ1v) is 9.69. The van der Waals surface area contributed by atoms with E-state index in [9.17, 15) is 18.8 Å². The van der Waals surface area contributed by atoms with Crippen molar-refractivity contribution in [1.29, 1.82) is 0 Å². The number of halogens is 1. The largest absolute Gasteiger partial charge is 0.338 e. The van der Waals surface area contributed by atoms with Crippen LogP contribution in [0.4, 0.5) is 9.18 Å². The molecule has 0 saturated carbocycles. The average Bonchev–Trinajstić information content (AvgIpc) is 2.87. The zero-order valence-corrected chi connectivity index (χ0v) is 16.3. The van der Waals surface area contributed by atoms with Crippen molar-refractivity contribution in [3.8, 4) is 0 Å². The molecule has 2 fully saturated rings. The van der Waals surface area contributed by atoms with Gasteiger partial charge in [0, 0.05) is 19.6 Å². The molecule has 3 N–H and O–H groups in total. The summed E-state index contributed by atoms with van der Waals surface area (Å²) in [6.45, 7) is 5.43. The second-order valence-corrected chi connectivity index (χ2v) is 7.94. The summed E-state index contributed by atoms with van der Waals surface area (Å²) < 4.78 is 14.2. The lowest BCUT2D eigenvalue weighted by molar-refractivity contribution is -0.129. The number of benzene rings is 1. The van der Waals surface area contributed by atoms with E-state index < -0.39 is 17.3 Å². The van der Waals surface area contributed by atoms with Gasteiger partial charge in [0.1, 0.15) is 11.4 Å². The highest BCUT2D eigenvalue weighted by Gasteiger charge is 2.54. The van der Waals surface area contributed by atoms with Crippen molar-refractivity contribution in [1.82, 2.24) is 15.1 Å². The van der Waals surface area contributed by atoms with Crippen molar-refractivity contribution in [3.05, 3.63) is 35.1 Å².